The van der Waals surface area contributed by atoms with Crippen LogP contribution in [0.15, 0.2) is 63.2 Å². The summed E-state index contributed by atoms with van der Waals surface area (Å²) in [5.41, 5.74) is 1.78. The molecule has 1 saturated heterocycles. The van der Waals surface area contributed by atoms with Crippen LogP contribution < -0.4 is 0 Å². The minimum Gasteiger partial charge on any atom is -0.283 e. The Hall–Kier alpha value is -1.92. The van der Waals surface area contributed by atoms with Gasteiger partial charge in [0.1, 0.15) is 0 Å². The molecule has 0 radical (unpaired) electrons. The van der Waals surface area contributed by atoms with E-state index in [1.54, 1.807) is 12.4 Å². The molecule has 1 amide bonds. The molecule has 1 saturated carbocycles. The van der Waals surface area contributed by atoms with Crippen LogP contribution in [0.3, 0.4) is 0 Å². The number of aliphatic imine (C=N–C) groups is 1. The minimum atomic E-state index is 0.0644. The van der Waals surface area contributed by atoms with Crippen molar-refractivity contribution in [3.8, 4) is 0 Å². The highest BCUT2D eigenvalue weighted by Crippen LogP contribution is 2.38. The van der Waals surface area contributed by atoms with E-state index in [0.29, 0.717) is 0 Å². The Morgan fingerprint density at radius 3 is 2.78 bits per heavy atom. The highest BCUT2D eigenvalue weighted by molar-refractivity contribution is 9.10. The third kappa shape index (κ3) is 4.33. The molecular formula is C21H20BrN3OS. The van der Waals surface area contributed by atoms with Gasteiger partial charge in [-0.15, -0.1) is 0 Å². The number of hydrogen-bond acceptors (Lipinski definition) is 4. The molecule has 138 valence electrons. The fraction of sp³-hybridized carbons (Fsp3) is 0.286. The maximum atomic E-state index is 13.2. The van der Waals surface area contributed by atoms with E-state index in [0.717, 1.165) is 38.6 Å². The van der Waals surface area contributed by atoms with Gasteiger partial charge >= 0.3 is 0 Å². The molecular weight excluding hydrogens is 422 g/mol. The van der Waals surface area contributed by atoms with E-state index in [-0.39, 0.29) is 11.9 Å². The molecule has 0 atom stereocenters. The van der Waals surface area contributed by atoms with E-state index in [1.165, 1.54) is 31.0 Å². The highest BCUT2D eigenvalue weighted by atomic mass is 79.9. The van der Waals surface area contributed by atoms with Crippen molar-refractivity contribution in [2.24, 2.45) is 4.99 Å². The summed E-state index contributed by atoms with van der Waals surface area (Å²) in [5.74, 6) is 0.0644. The first-order valence-corrected chi connectivity index (χ1v) is 10.8. The second kappa shape index (κ2) is 8.40. The van der Waals surface area contributed by atoms with Gasteiger partial charge in [-0.2, -0.15) is 0 Å². The summed E-state index contributed by atoms with van der Waals surface area (Å²) in [6, 6.07) is 12.0. The van der Waals surface area contributed by atoms with Crippen LogP contribution in [0.4, 0.5) is 5.69 Å². The molecule has 1 aliphatic heterocycles. The van der Waals surface area contributed by atoms with Gasteiger partial charge in [-0.25, -0.2) is 4.99 Å². The largest absolute Gasteiger partial charge is 0.283 e. The van der Waals surface area contributed by atoms with Crippen molar-refractivity contribution in [3.63, 3.8) is 0 Å². The summed E-state index contributed by atoms with van der Waals surface area (Å²) in [5, 5.41) is 0.765. The van der Waals surface area contributed by atoms with Crippen molar-refractivity contribution in [1.29, 1.82) is 0 Å². The third-order valence-electron chi connectivity index (χ3n) is 4.79. The molecule has 4 rings (SSSR count). The van der Waals surface area contributed by atoms with E-state index in [1.807, 2.05) is 47.4 Å². The molecule has 0 unspecified atom stereocenters. The molecule has 27 heavy (non-hydrogen) atoms. The van der Waals surface area contributed by atoms with Gasteiger partial charge in [-0.3, -0.25) is 14.7 Å². The summed E-state index contributed by atoms with van der Waals surface area (Å²) in [4.78, 5) is 24.8. The topological polar surface area (TPSA) is 45.6 Å². The lowest BCUT2D eigenvalue weighted by Gasteiger charge is -2.30. The first-order chi connectivity index (χ1) is 13.2. The fourth-order valence-electron chi connectivity index (χ4n) is 3.50. The maximum absolute atomic E-state index is 13.2. The van der Waals surface area contributed by atoms with Crippen LogP contribution in [-0.2, 0) is 4.79 Å². The number of hydrogen-bond donors (Lipinski definition) is 0. The average Bonchev–Trinajstić information content (AvgIpc) is 2.98. The van der Waals surface area contributed by atoms with Gasteiger partial charge in [0.2, 0.25) is 0 Å². The van der Waals surface area contributed by atoms with Gasteiger partial charge in [0, 0.05) is 16.7 Å². The van der Waals surface area contributed by atoms with Gasteiger partial charge in [0.15, 0.2) is 5.17 Å². The van der Waals surface area contributed by atoms with Crippen molar-refractivity contribution < 1.29 is 4.79 Å². The zero-order valence-electron chi connectivity index (χ0n) is 14.8. The summed E-state index contributed by atoms with van der Waals surface area (Å²) < 4.78 is 1.00. The lowest BCUT2D eigenvalue weighted by atomic mass is 9.94. The highest BCUT2D eigenvalue weighted by Gasteiger charge is 2.38. The van der Waals surface area contributed by atoms with E-state index in [2.05, 4.69) is 20.9 Å². The average molecular weight is 442 g/mol. The van der Waals surface area contributed by atoms with Crippen LogP contribution in [-0.4, -0.2) is 27.0 Å². The number of rotatable bonds is 3. The van der Waals surface area contributed by atoms with Gasteiger partial charge < -0.3 is 0 Å². The van der Waals surface area contributed by atoms with Crippen LogP contribution in [0, 0.1) is 0 Å². The van der Waals surface area contributed by atoms with Crippen LogP contribution in [0.2, 0.25) is 0 Å². The summed E-state index contributed by atoms with van der Waals surface area (Å²) >= 11 is 4.96. The number of benzene rings is 1. The molecule has 2 fully saturated rings. The van der Waals surface area contributed by atoms with Crippen LogP contribution in [0.1, 0.15) is 37.7 Å². The fourth-order valence-corrected chi connectivity index (χ4v) is 4.98. The first kappa shape index (κ1) is 18.4. The number of carbonyl (C=O) groups excluding carboxylic acids is 1. The molecule has 0 spiro atoms. The molecule has 1 aromatic carbocycles. The van der Waals surface area contributed by atoms with Crippen molar-refractivity contribution >= 4 is 50.5 Å². The Kier molecular flexibility index (Phi) is 5.74. The Morgan fingerprint density at radius 1 is 1.19 bits per heavy atom. The molecule has 6 heteroatoms. The van der Waals surface area contributed by atoms with E-state index >= 15 is 0 Å². The quantitative estimate of drug-likeness (QED) is 0.566. The number of amidine groups is 1. The van der Waals surface area contributed by atoms with Crippen molar-refractivity contribution in [2.75, 3.05) is 0 Å². The summed E-state index contributed by atoms with van der Waals surface area (Å²) in [6.07, 6.45) is 11.1. The number of thioether (sulfide) groups is 1. The lowest BCUT2D eigenvalue weighted by Crippen LogP contribution is -2.40. The predicted octanol–water partition coefficient (Wildman–Crippen LogP) is 5.78. The predicted molar refractivity (Wildman–Crippen MR) is 115 cm³/mol. The van der Waals surface area contributed by atoms with E-state index < -0.39 is 0 Å². The zero-order chi connectivity index (χ0) is 18.6. The first-order valence-electron chi connectivity index (χ1n) is 9.18. The van der Waals surface area contributed by atoms with Crippen LogP contribution in [0.5, 0.6) is 0 Å². The van der Waals surface area contributed by atoms with Crippen LogP contribution >= 0.6 is 27.7 Å². The summed E-state index contributed by atoms with van der Waals surface area (Å²) in [6.45, 7) is 0. The number of aromatic nitrogens is 1. The molecule has 2 aromatic rings. The van der Waals surface area contributed by atoms with E-state index in [9.17, 15) is 4.79 Å². The molecule has 1 aromatic heterocycles. The smallest absolute Gasteiger partial charge is 0.267 e. The number of amides is 1. The minimum absolute atomic E-state index is 0.0644. The molecule has 0 N–H and O–H groups in total. The van der Waals surface area contributed by atoms with Gasteiger partial charge in [0.25, 0.3) is 5.91 Å². The molecule has 4 nitrogen and oxygen atoms in total. The molecule has 0 bridgehead atoms. The van der Waals surface area contributed by atoms with Crippen molar-refractivity contribution in [2.45, 2.75) is 38.1 Å². The molecule has 2 aliphatic rings. The normalized spacial score (nSPS) is 21.4. The van der Waals surface area contributed by atoms with E-state index in [4.69, 9.17) is 4.99 Å². The Morgan fingerprint density at radius 2 is 2.04 bits per heavy atom. The third-order valence-corrected chi connectivity index (χ3v) is 6.27. The van der Waals surface area contributed by atoms with Gasteiger partial charge in [0.05, 0.1) is 16.8 Å². The zero-order valence-corrected chi connectivity index (χ0v) is 17.2. The Labute approximate surface area is 171 Å². The molecule has 1 aliphatic carbocycles. The lowest BCUT2D eigenvalue weighted by molar-refractivity contribution is -0.124. The van der Waals surface area contributed by atoms with Crippen LogP contribution in [0.25, 0.3) is 6.08 Å². The number of carbonyl (C=O) groups is 1. The summed E-state index contributed by atoms with van der Waals surface area (Å²) in [7, 11) is 0. The monoisotopic (exact) mass is 441 g/mol. The number of nitrogens with zero attached hydrogens (tertiary/aromatic N) is 3. The Balaban J connectivity index is 1.69. The SMILES string of the molecule is O=C1/C(=C/c2cccc(Br)c2)SC(=Nc2cccnc2)N1C1CCCCC1. The van der Waals surface area contributed by atoms with Gasteiger partial charge in [-0.1, -0.05) is 47.3 Å². The second-order valence-electron chi connectivity index (χ2n) is 6.74. The van der Waals surface area contributed by atoms with Crippen molar-refractivity contribution in [1.82, 2.24) is 9.88 Å². The number of pyridine rings is 1. The standard InChI is InChI=1S/C21H20BrN3OS/c22-16-7-4-6-15(12-16)13-19-20(26)25(18-9-2-1-3-10-18)21(27-19)24-17-8-5-11-23-14-17/h4-8,11-14,18H,1-3,9-10H2/b19-13-,24-21?. The number of halogens is 1. The van der Waals surface area contributed by atoms with Crippen molar-refractivity contribution in [3.05, 3.63) is 63.7 Å². The maximum Gasteiger partial charge on any atom is 0.267 e. The Bertz CT molecular complexity index is 891. The van der Waals surface area contributed by atoms with Gasteiger partial charge in [-0.05, 0) is 60.5 Å². The molecule has 2 heterocycles. The second-order valence-corrected chi connectivity index (χ2v) is 8.66.